The lowest BCUT2D eigenvalue weighted by molar-refractivity contribution is -0.139. The number of methoxy groups -OCH3 is 1. The summed E-state index contributed by atoms with van der Waals surface area (Å²) in [4.78, 5) is 36.5. The van der Waals surface area contributed by atoms with Gasteiger partial charge < -0.3 is 18.7 Å². The molecule has 0 amide bonds. The van der Waals surface area contributed by atoms with E-state index in [9.17, 15) is 19.5 Å². The van der Waals surface area contributed by atoms with E-state index in [1.165, 1.54) is 32.4 Å². The minimum absolute atomic E-state index is 0.170. The maximum Gasteiger partial charge on any atom is 0.351 e. The van der Waals surface area contributed by atoms with Crippen LogP contribution in [0.15, 0.2) is 49.7 Å². The Kier molecular flexibility index (Phi) is 11.3. The average molecular weight is 485 g/mol. The first-order valence-electron chi connectivity index (χ1n) is 12.2. The number of furan rings is 1. The number of hydrogen-bond acceptors (Lipinski definition) is 7. The third-order valence-electron chi connectivity index (χ3n) is 5.82. The molecule has 0 bridgehead atoms. The monoisotopic (exact) mass is 484 g/mol. The normalized spacial score (nSPS) is 12.7. The third kappa shape index (κ3) is 8.74. The molecule has 2 rings (SSSR count). The zero-order chi connectivity index (χ0) is 25.8. The van der Waals surface area contributed by atoms with Crippen molar-refractivity contribution in [3.8, 4) is 5.75 Å². The van der Waals surface area contributed by atoms with E-state index in [1.54, 1.807) is 25.3 Å². The molecular weight excluding hydrogens is 448 g/mol. The van der Waals surface area contributed by atoms with Gasteiger partial charge in [-0.1, -0.05) is 45.3 Å². The summed E-state index contributed by atoms with van der Waals surface area (Å²) < 4.78 is 15.5. The molecule has 0 fully saturated rings. The van der Waals surface area contributed by atoms with Gasteiger partial charge in [0.05, 0.1) is 19.8 Å². The van der Waals surface area contributed by atoms with E-state index >= 15 is 0 Å². The third-order valence-corrected chi connectivity index (χ3v) is 5.82. The zero-order valence-electron chi connectivity index (χ0n) is 21.1. The lowest BCUT2D eigenvalue weighted by Gasteiger charge is -2.11. The summed E-state index contributed by atoms with van der Waals surface area (Å²) >= 11 is 0. The number of carbonyl (C=O) groups is 2. The van der Waals surface area contributed by atoms with Crippen LogP contribution in [0.4, 0.5) is 0 Å². The van der Waals surface area contributed by atoms with Gasteiger partial charge >= 0.3 is 11.6 Å². The number of ether oxygens (including phenoxy) is 1. The van der Waals surface area contributed by atoms with Crippen LogP contribution in [0.5, 0.6) is 5.75 Å². The Bertz CT molecular complexity index is 1100. The molecule has 0 spiro atoms. The molecule has 0 aromatic carbocycles. The lowest BCUT2D eigenvalue weighted by Crippen LogP contribution is -2.16. The summed E-state index contributed by atoms with van der Waals surface area (Å²) in [5.41, 5.74) is 0.0605. The number of hydrogen-bond donors (Lipinski definition) is 1. The number of esters is 1. The first-order chi connectivity index (χ1) is 16.8. The van der Waals surface area contributed by atoms with Gasteiger partial charge in [-0.3, -0.25) is 9.59 Å². The van der Waals surface area contributed by atoms with Gasteiger partial charge in [-0.2, -0.15) is 0 Å². The Morgan fingerprint density at radius 1 is 1.17 bits per heavy atom. The number of unbranched alkanes of at least 4 members (excludes halogenated alkanes) is 3. The van der Waals surface area contributed by atoms with E-state index in [0.717, 1.165) is 18.4 Å². The summed E-state index contributed by atoms with van der Waals surface area (Å²) in [5, 5.41) is 10.5. The molecule has 1 unspecified atom stereocenters. The Labute approximate surface area is 206 Å². The number of ketones is 1. The molecule has 35 heavy (non-hydrogen) atoms. The summed E-state index contributed by atoms with van der Waals surface area (Å²) in [7, 11) is 1.33. The predicted molar refractivity (Wildman–Crippen MR) is 135 cm³/mol. The van der Waals surface area contributed by atoms with E-state index in [4.69, 9.17) is 8.83 Å². The van der Waals surface area contributed by atoms with E-state index < -0.39 is 17.2 Å². The molecule has 2 heterocycles. The first-order valence-corrected chi connectivity index (χ1v) is 12.2. The van der Waals surface area contributed by atoms with Crippen molar-refractivity contribution in [2.75, 3.05) is 7.11 Å². The zero-order valence-corrected chi connectivity index (χ0v) is 21.1. The van der Waals surface area contributed by atoms with Crippen LogP contribution < -0.4 is 5.63 Å². The van der Waals surface area contributed by atoms with Gasteiger partial charge in [-0.25, -0.2) is 4.79 Å². The highest BCUT2D eigenvalue weighted by molar-refractivity contribution is 6.11. The molecule has 7 nitrogen and oxygen atoms in total. The second-order valence-corrected chi connectivity index (χ2v) is 8.75. The second-order valence-electron chi connectivity index (χ2n) is 8.75. The Hall–Kier alpha value is -3.35. The first kappa shape index (κ1) is 27.9. The number of carbonyl (C=O) groups excluding carboxylic acids is 2. The van der Waals surface area contributed by atoms with Crippen molar-refractivity contribution in [2.24, 2.45) is 0 Å². The summed E-state index contributed by atoms with van der Waals surface area (Å²) in [6.07, 6.45) is 13.8. The second kappa shape index (κ2) is 14.1. The molecule has 2 aromatic rings. The van der Waals surface area contributed by atoms with Gasteiger partial charge in [0.2, 0.25) is 0 Å². The maximum atomic E-state index is 12.9. The van der Waals surface area contributed by atoms with Gasteiger partial charge in [0.1, 0.15) is 22.8 Å². The molecule has 0 radical (unpaired) electrons. The molecule has 1 N–H and O–H groups in total. The van der Waals surface area contributed by atoms with Crippen LogP contribution in [-0.4, -0.2) is 24.0 Å². The van der Waals surface area contributed by atoms with Crippen LogP contribution in [0, 0.1) is 0 Å². The molecular formula is C28H36O7. The maximum absolute atomic E-state index is 12.9. The van der Waals surface area contributed by atoms with Crippen molar-refractivity contribution < 1.29 is 28.3 Å². The Morgan fingerprint density at radius 3 is 2.63 bits per heavy atom. The van der Waals surface area contributed by atoms with Gasteiger partial charge in [0.15, 0.2) is 5.78 Å². The number of aryl methyl sites for hydroxylation is 1. The van der Waals surface area contributed by atoms with E-state index in [0.29, 0.717) is 24.4 Å². The number of allylic oxidation sites excluding steroid dienone is 2. The van der Waals surface area contributed by atoms with Crippen molar-refractivity contribution in [1.29, 1.82) is 0 Å². The standard InChI is InChI=1S/C28H36O7/c1-5-6-7-10-13-21-16-22(34-18-21)15-20(3)27(31)26-23(29)17-24(35-28(26)32)19(2)12-9-8-11-14-25(30)33-4/h8,11,15-19,29H,5-7,9-10,12-14H2,1-4H3/b11-8+,20-15?. The molecule has 0 saturated heterocycles. The SMILES string of the molecule is CCCCCCc1coc(C=C(C)C(=O)c2c(O)cc(C(C)CC/C=C/CC(=O)OC)oc2=O)c1. The summed E-state index contributed by atoms with van der Waals surface area (Å²) in [6, 6.07) is 3.21. The van der Waals surface area contributed by atoms with Crippen molar-refractivity contribution in [3.63, 3.8) is 0 Å². The van der Waals surface area contributed by atoms with Gasteiger partial charge in [0.25, 0.3) is 0 Å². The fraction of sp³-hybridized carbons (Fsp3) is 0.464. The summed E-state index contributed by atoms with van der Waals surface area (Å²) in [6.45, 7) is 5.60. The van der Waals surface area contributed by atoms with Crippen LogP contribution >= 0.6 is 0 Å². The minimum Gasteiger partial charge on any atom is -0.507 e. The van der Waals surface area contributed by atoms with Gasteiger partial charge in [-0.05, 0) is 50.3 Å². The van der Waals surface area contributed by atoms with Gasteiger partial charge in [0, 0.05) is 17.6 Å². The molecule has 2 aromatic heterocycles. The van der Waals surface area contributed by atoms with Crippen molar-refractivity contribution >= 4 is 17.8 Å². The molecule has 0 aliphatic carbocycles. The van der Waals surface area contributed by atoms with E-state index in [1.807, 2.05) is 19.1 Å². The fourth-order valence-electron chi connectivity index (χ4n) is 3.65. The van der Waals surface area contributed by atoms with Crippen molar-refractivity contribution in [2.45, 2.75) is 78.1 Å². The van der Waals surface area contributed by atoms with E-state index in [-0.39, 0.29) is 29.4 Å². The highest BCUT2D eigenvalue weighted by Gasteiger charge is 2.22. The quantitative estimate of drug-likeness (QED) is 0.109. The van der Waals surface area contributed by atoms with Crippen LogP contribution in [0.3, 0.4) is 0 Å². The summed E-state index contributed by atoms with van der Waals surface area (Å²) in [5.74, 6) is -0.678. The molecule has 0 saturated carbocycles. The van der Waals surface area contributed by atoms with Crippen LogP contribution in [0.25, 0.3) is 6.08 Å². The molecule has 0 aliphatic rings. The predicted octanol–water partition coefficient (Wildman–Crippen LogP) is 6.35. The topological polar surface area (TPSA) is 107 Å². The van der Waals surface area contributed by atoms with Crippen LogP contribution in [0.1, 0.15) is 99.1 Å². The van der Waals surface area contributed by atoms with E-state index in [2.05, 4.69) is 11.7 Å². The Balaban J connectivity index is 2.04. The smallest absolute Gasteiger partial charge is 0.351 e. The fourth-order valence-corrected chi connectivity index (χ4v) is 3.65. The molecule has 190 valence electrons. The lowest BCUT2D eigenvalue weighted by atomic mass is 9.99. The number of rotatable bonds is 14. The molecule has 7 heteroatoms. The van der Waals surface area contributed by atoms with Gasteiger partial charge in [-0.15, -0.1) is 0 Å². The minimum atomic E-state index is -0.873. The number of aromatic hydroxyl groups is 1. The number of Topliss-reactive ketones (excluding diaryl/α,β-unsaturated/α-hetero) is 1. The highest BCUT2D eigenvalue weighted by atomic mass is 16.5. The molecule has 0 aliphatic heterocycles. The highest BCUT2D eigenvalue weighted by Crippen LogP contribution is 2.26. The largest absolute Gasteiger partial charge is 0.507 e. The average Bonchev–Trinajstić information content (AvgIpc) is 3.27. The van der Waals surface area contributed by atoms with Crippen molar-refractivity contribution in [1.82, 2.24) is 0 Å². The molecule has 1 atom stereocenters. The van der Waals surface area contributed by atoms with Crippen LogP contribution in [0.2, 0.25) is 0 Å². The van der Waals surface area contributed by atoms with Crippen LogP contribution in [-0.2, 0) is 16.0 Å². The Morgan fingerprint density at radius 2 is 1.94 bits per heavy atom. The van der Waals surface area contributed by atoms with Crippen molar-refractivity contribution in [3.05, 3.63) is 69.2 Å².